The molecule has 0 fully saturated rings. The first-order valence-corrected chi connectivity index (χ1v) is 9.06. The summed E-state index contributed by atoms with van der Waals surface area (Å²) in [5, 5.41) is 10.4. The molecule has 6 heteroatoms. The van der Waals surface area contributed by atoms with Crippen molar-refractivity contribution in [2.24, 2.45) is 0 Å². The van der Waals surface area contributed by atoms with Crippen LogP contribution in [0.2, 0.25) is 0 Å². The van der Waals surface area contributed by atoms with Crippen molar-refractivity contribution in [3.63, 3.8) is 0 Å². The van der Waals surface area contributed by atoms with Crippen molar-refractivity contribution in [3.05, 3.63) is 84.1 Å². The Morgan fingerprint density at radius 1 is 1.04 bits per heavy atom. The zero-order valence-electron chi connectivity index (χ0n) is 15.8. The van der Waals surface area contributed by atoms with Gasteiger partial charge in [-0.1, -0.05) is 12.1 Å². The normalized spacial score (nSPS) is 12.1. The first-order chi connectivity index (χ1) is 13.6. The van der Waals surface area contributed by atoms with Crippen LogP contribution in [-0.2, 0) is 13.1 Å². The Kier molecular flexibility index (Phi) is 7.06. The predicted molar refractivity (Wildman–Crippen MR) is 104 cm³/mol. The number of furan rings is 1. The molecule has 1 atom stereocenters. The molecule has 148 valence electrons. The molecule has 28 heavy (non-hydrogen) atoms. The van der Waals surface area contributed by atoms with Gasteiger partial charge in [0, 0.05) is 13.1 Å². The summed E-state index contributed by atoms with van der Waals surface area (Å²) < 4.78 is 29.7. The summed E-state index contributed by atoms with van der Waals surface area (Å²) in [5.74, 6) is 1.90. The van der Waals surface area contributed by atoms with E-state index in [4.69, 9.17) is 13.9 Å². The number of rotatable bonds is 10. The lowest BCUT2D eigenvalue weighted by molar-refractivity contribution is 0.0604. The van der Waals surface area contributed by atoms with E-state index in [0.29, 0.717) is 25.4 Å². The van der Waals surface area contributed by atoms with Crippen molar-refractivity contribution in [2.45, 2.75) is 19.2 Å². The van der Waals surface area contributed by atoms with Gasteiger partial charge in [0.15, 0.2) is 0 Å². The number of nitrogens with zero attached hydrogens (tertiary/aromatic N) is 1. The molecule has 0 unspecified atom stereocenters. The molecule has 3 aromatic rings. The lowest BCUT2D eigenvalue weighted by Crippen LogP contribution is -2.35. The van der Waals surface area contributed by atoms with Crippen LogP contribution in [0.15, 0.2) is 71.3 Å². The van der Waals surface area contributed by atoms with Crippen LogP contribution < -0.4 is 9.47 Å². The second-order valence-corrected chi connectivity index (χ2v) is 6.52. The Balaban J connectivity index is 1.58. The van der Waals surface area contributed by atoms with Crippen LogP contribution in [0.1, 0.15) is 11.3 Å². The number of methoxy groups -OCH3 is 1. The number of benzene rings is 2. The summed E-state index contributed by atoms with van der Waals surface area (Å²) in [6, 6.07) is 17.3. The fourth-order valence-corrected chi connectivity index (χ4v) is 2.92. The van der Waals surface area contributed by atoms with E-state index < -0.39 is 6.10 Å². The Bertz CT molecular complexity index is 836. The smallest absolute Gasteiger partial charge is 0.123 e. The molecule has 2 aromatic carbocycles. The van der Waals surface area contributed by atoms with Gasteiger partial charge in [0.2, 0.25) is 0 Å². The zero-order chi connectivity index (χ0) is 19.8. The summed E-state index contributed by atoms with van der Waals surface area (Å²) in [5.41, 5.74) is 0.829. The fourth-order valence-electron chi connectivity index (χ4n) is 2.92. The van der Waals surface area contributed by atoms with Crippen molar-refractivity contribution >= 4 is 0 Å². The molecular weight excluding hydrogens is 361 g/mol. The van der Waals surface area contributed by atoms with Gasteiger partial charge >= 0.3 is 0 Å². The van der Waals surface area contributed by atoms with E-state index in [1.807, 2.05) is 23.1 Å². The number of aliphatic hydroxyl groups is 1. The molecule has 0 aliphatic carbocycles. The first kappa shape index (κ1) is 19.9. The number of halogens is 1. The quantitative estimate of drug-likeness (QED) is 0.574. The Morgan fingerprint density at radius 3 is 2.50 bits per heavy atom. The van der Waals surface area contributed by atoms with Crippen molar-refractivity contribution < 1.29 is 23.4 Å². The molecule has 3 rings (SSSR count). The summed E-state index contributed by atoms with van der Waals surface area (Å²) in [4.78, 5) is 2.00. The van der Waals surface area contributed by atoms with Crippen LogP contribution >= 0.6 is 0 Å². The largest absolute Gasteiger partial charge is 0.497 e. The molecule has 5 nitrogen and oxygen atoms in total. The molecule has 0 radical (unpaired) electrons. The van der Waals surface area contributed by atoms with Crippen molar-refractivity contribution in [1.29, 1.82) is 0 Å². The number of aliphatic hydroxyl groups excluding tert-OH is 1. The van der Waals surface area contributed by atoms with Crippen molar-refractivity contribution in [3.8, 4) is 11.5 Å². The van der Waals surface area contributed by atoms with Crippen LogP contribution in [0.4, 0.5) is 4.39 Å². The van der Waals surface area contributed by atoms with Gasteiger partial charge in [-0.05, 0) is 54.1 Å². The van der Waals surface area contributed by atoms with Gasteiger partial charge in [-0.15, -0.1) is 0 Å². The Morgan fingerprint density at radius 2 is 1.82 bits per heavy atom. The highest BCUT2D eigenvalue weighted by Crippen LogP contribution is 2.18. The summed E-state index contributed by atoms with van der Waals surface area (Å²) in [6.07, 6.45) is 0.893. The molecule has 1 aromatic heterocycles. The molecular formula is C22H24FNO4. The van der Waals surface area contributed by atoms with Gasteiger partial charge in [-0.2, -0.15) is 0 Å². The van der Waals surface area contributed by atoms with Crippen LogP contribution in [0, 0.1) is 5.82 Å². The van der Waals surface area contributed by atoms with E-state index in [9.17, 15) is 9.50 Å². The molecule has 0 saturated carbocycles. The van der Waals surface area contributed by atoms with Crippen LogP contribution in [0.25, 0.3) is 0 Å². The van der Waals surface area contributed by atoms with Crippen molar-refractivity contribution in [2.75, 3.05) is 20.3 Å². The maximum absolute atomic E-state index is 13.5. The van der Waals surface area contributed by atoms with Crippen LogP contribution in [0.3, 0.4) is 0 Å². The third kappa shape index (κ3) is 6.11. The van der Waals surface area contributed by atoms with Gasteiger partial charge in [0.25, 0.3) is 0 Å². The van der Waals surface area contributed by atoms with E-state index >= 15 is 0 Å². The van der Waals surface area contributed by atoms with Gasteiger partial charge in [0.1, 0.15) is 35.8 Å². The zero-order valence-corrected chi connectivity index (χ0v) is 15.8. The minimum Gasteiger partial charge on any atom is -0.497 e. The maximum atomic E-state index is 13.5. The Hall–Kier alpha value is -2.83. The molecule has 0 aliphatic rings. The molecule has 0 spiro atoms. The molecule has 1 heterocycles. The highest BCUT2D eigenvalue weighted by molar-refractivity contribution is 5.31. The molecule has 0 saturated heterocycles. The monoisotopic (exact) mass is 385 g/mol. The summed E-state index contributed by atoms with van der Waals surface area (Å²) in [6.45, 7) is 1.48. The van der Waals surface area contributed by atoms with Gasteiger partial charge in [0.05, 0.1) is 19.9 Å². The molecule has 1 N–H and O–H groups in total. The van der Waals surface area contributed by atoms with E-state index in [0.717, 1.165) is 17.1 Å². The number of ether oxygens (including phenoxy) is 2. The number of hydrogen-bond acceptors (Lipinski definition) is 5. The second kappa shape index (κ2) is 9.92. The minimum absolute atomic E-state index is 0.143. The van der Waals surface area contributed by atoms with Crippen LogP contribution in [-0.4, -0.2) is 36.4 Å². The van der Waals surface area contributed by atoms with E-state index in [2.05, 4.69) is 0 Å². The first-order valence-electron chi connectivity index (χ1n) is 9.06. The molecule has 0 amide bonds. The molecule has 0 bridgehead atoms. The van der Waals surface area contributed by atoms with E-state index in [1.165, 1.54) is 12.1 Å². The third-order valence-corrected chi connectivity index (χ3v) is 4.23. The topological polar surface area (TPSA) is 55.1 Å². The number of hydrogen-bond donors (Lipinski definition) is 1. The van der Waals surface area contributed by atoms with Gasteiger partial charge < -0.3 is 19.0 Å². The van der Waals surface area contributed by atoms with Crippen LogP contribution in [0.5, 0.6) is 11.5 Å². The maximum Gasteiger partial charge on any atom is 0.123 e. The minimum atomic E-state index is -0.717. The van der Waals surface area contributed by atoms with Gasteiger partial charge in [-0.3, -0.25) is 4.90 Å². The van der Waals surface area contributed by atoms with Gasteiger partial charge in [-0.25, -0.2) is 4.39 Å². The lowest BCUT2D eigenvalue weighted by Gasteiger charge is -2.24. The average molecular weight is 385 g/mol. The summed E-state index contributed by atoms with van der Waals surface area (Å²) in [7, 11) is 1.60. The van der Waals surface area contributed by atoms with E-state index in [-0.39, 0.29) is 12.4 Å². The highest BCUT2D eigenvalue weighted by Gasteiger charge is 2.15. The Labute approximate surface area is 163 Å². The summed E-state index contributed by atoms with van der Waals surface area (Å²) >= 11 is 0. The predicted octanol–water partition coefficient (Wildman–Crippen LogP) is 3.87. The highest BCUT2D eigenvalue weighted by atomic mass is 19.1. The lowest BCUT2D eigenvalue weighted by atomic mass is 10.2. The standard InChI is InChI=1S/C22H24FNO4/c1-26-20-7-9-21(10-8-20)28-16-19(25)14-24(15-22-6-3-11-27-22)13-17-4-2-5-18(23)12-17/h2-12,19,25H,13-16H2,1H3/t19-/m0/s1. The van der Waals surface area contributed by atoms with Crippen molar-refractivity contribution in [1.82, 2.24) is 4.90 Å². The second-order valence-electron chi connectivity index (χ2n) is 6.52. The third-order valence-electron chi connectivity index (χ3n) is 4.23. The fraction of sp³-hybridized carbons (Fsp3) is 0.273. The van der Waals surface area contributed by atoms with E-state index in [1.54, 1.807) is 43.7 Å². The molecule has 0 aliphatic heterocycles. The average Bonchev–Trinajstić information content (AvgIpc) is 3.20. The SMILES string of the molecule is COc1ccc(OC[C@@H](O)CN(Cc2cccc(F)c2)Cc2ccco2)cc1.